The summed E-state index contributed by atoms with van der Waals surface area (Å²) < 4.78 is 16.3. The maximum absolute atomic E-state index is 13.9. The van der Waals surface area contributed by atoms with E-state index in [0.717, 1.165) is 0 Å². The Labute approximate surface area is 271 Å². The molecule has 0 fully saturated rings. The summed E-state index contributed by atoms with van der Waals surface area (Å²) in [5.41, 5.74) is 1.54. The molecule has 2 unspecified atom stereocenters. The second-order valence-electron chi connectivity index (χ2n) is 10.8. The molecule has 1 aliphatic rings. The van der Waals surface area contributed by atoms with Gasteiger partial charge in [0.25, 0.3) is 18.3 Å². The molecule has 0 radical (unpaired) electrons. The van der Waals surface area contributed by atoms with E-state index in [-0.39, 0.29) is 48.1 Å². The maximum Gasteiger partial charge on any atom is 0.349 e. The number of amides is 3. The van der Waals surface area contributed by atoms with Crippen LogP contribution >= 0.6 is 0 Å². The van der Waals surface area contributed by atoms with Crippen molar-refractivity contribution in [1.82, 2.24) is 30.5 Å². The van der Waals surface area contributed by atoms with E-state index < -0.39 is 41.9 Å². The van der Waals surface area contributed by atoms with Crippen molar-refractivity contribution in [1.29, 1.82) is 0 Å². The number of carbonyl (C=O) groups excluding carboxylic acids is 4. The van der Waals surface area contributed by atoms with Crippen LogP contribution in [0.2, 0.25) is 0 Å². The molecule has 15 heteroatoms. The van der Waals surface area contributed by atoms with Gasteiger partial charge in [0, 0.05) is 42.3 Å². The van der Waals surface area contributed by atoms with Crippen molar-refractivity contribution in [2.24, 2.45) is 5.92 Å². The van der Waals surface area contributed by atoms with Gasteiger partial charge in [-0.2, -0.15) is 0 Å². The van der Waals surface area contributed by atoms with E-state index in [9.17, 15) is 19.2 Å². The van der Waals surface area contributed by atoms with Crippen LogP contribution in [-0.4, -0.2) is 101 Å². The largest absolute Gasteiger partial charge is 0.493 e. The first kappa shape index (κ1) is 35.9. The number of carboxylic acid groups (broad SMARTS) is 1. The second-order valence-corrected chi connectivity index (χ2v) is 10.8. The van der Waals surface area contributed by atoms with Crippen molar-refractivity contribution in [2.45, 2.75) is 45.9 Å². The molecule has 250 valence electrons. The minimum Gasteiger partial charge on any atom is -0.493 e. The first-order valence-electron chi connectivity index (χ1n) is 14.6. The highest BCUT2D eigenvalue weighted by Gasteiger charge is 2.33. The smallest absolute Gasteiger partial charge is 0.349 e. The number of ether oxygens (including phenoxy) is 3. The number of aromatic nitrogens is 3. The summed E-state index contributed by atoms with van der Waals surface area (Å²) in [6.45, 7) is 6.44. The third-order valence-electron chi connectivity index (χ3n) is 7.25. The Morgan fingerprint density at radius 1 is 1.13 bits per heavy atom. The van der Waals surface area contributed by atoms with Crippen molar-refractivity contribution in [2.75, 3.05) is 27.3 Å². The molecule has 2 bridgehead atoms. The van der Waals surface area contributed by atoms with Gasteiger partial charge in [-0.1, -0.05) is 13.8 Å². The molecule has 0 saturated carbocycles. The topological polar surface area (TPSA) is 199 Å². The van der Waals surface area contributed by atoms with E-state index in [1.165, 1.54) is 31.4 Å². The Balaban J connectivity index is 0.00000192. The summed E-state index contributed by atoms with van der Waals surface area (Å²) >= 11 is 0. The highest BCUT2D eigenvalue weighted by molar-refractivity contribution is 5.98. The van der Waals surface area contributed by atoms with Crippen molar-refractivity contribution < 1.29 is 43.3 Å². The predicted octanol–water partition coefficient (Wildman–Crippen LogP) is 1.89. The normalized spacial score (nSPS) is 18.3. The molecule has 47 heavy (non-hydrogen) atoms. The van der Waals surface area contributed by atoms with Crippen LogP contribution in [0.15, 0.2) is 48.9 Å². The molecular weight excluding hydrogens is 612 g/mol. The molecular formula is C32H38N6O9. The molecule has 15 nitrogen and oxygen atoms in total. The van der Waals surface area contributed by atoms with Crippen molar-refractivity contribution in [3.05, 3.63) is 65.7 Å². The van der Waals surface area contributed by atoms with Crippen molar-refractivity contribution in [3.8, 4) is 22.9 Å². The number of esters is 1. The number of pyridine rings is 1. The summed E-state index contributed by atoms with van der Waals surface area (Å²) in [7, 11) is 2.63. The van der Waals surface area contributed by atoms with Gasteiger partial charge in [0.2, 0.25) is 12.0 Å². The first-order valence-corrected chi connectivity index (χ1v) is 14.6. The lowest BCUT2D eigenvalue weighted by Crippen LogP contribution is -2.54. The van der Waals surface area contributed by atoms with Crippen LogP contribution in [0, 0.1) is 12.8 Å². The molecule has 3 aromatic rings. The Bertz CT molecular complexity index is 1580. The summed E-state index contributed by atoms with van der Waals surface area (Å²) in [6.07, 6.45) is 3.39. The van der Waals surface area contributed by atoms with Crippen molar-refractivity contribution >= 4 is 30.2 Å². The molecule has 4 rings (SSSR count). The minimum atomic E-state index is -1.29. The summed E-state index contributed by atoms with van der Waals surface area (Å²) in [4.78, 5) is 76.1. The molecule has 3 amide bonds. The number of methoxy groups -OCH3 is 2. The van der Waals surface area contributed by atoms with E-state index in [1.54, 1.807) is 44.4 Å². The minimum absolute atomic E-state index is 0.00772. The van der Waals surface area contributed by atoms with Gasteiger partial charge in [-0.3, -0.25) is 24.2 Å². The summed E-state index contributed by atoms with van der Waals surface area (Å²) in [6, 6.07) is 6.71. The van der Waals surface area contributed by atoms with Crippen LogP contribution in [-0.2, 0) is 19.1 Å². The number of nitrogens with one attached hydrogen (secondary N) is 2. The van der Waals surface area contributed by atoms with Gasteiger partial charge in [0.1, 0.15) is 0 Å². The number of nitrogens with zero attached hydrogens (tertiary/aromatic N) is 4. The molecule has 1 aliphatic heterocycles. The van der Waals surface area contributed by atoms with Crippen LogP contribution in [0.5, 0.6) is 11.5 Å². The molecule has 0 saturated heterocycles. The van der Waals surface area contributed by atoms with E-state index in [2.05, 4.69) is 25.6 Å². The van der Waals surface area contributed by atoms with Gasteiger partial charge < -0.3 is 34.9 Å². The van der Waals surface area contributed by atoms with E-state index in [0.29, 0.717) is 17.1 Å². The van der Waals surface area contributed by atoms with E-state index >= 15 is 0 Å². The highest BCUT2D eigenvalue weighted by Crippen LogP contribution is 2.30. The zero-order valence-corrected chi connectivity index (χ0v) is 26.9. The summed E-state index contributed by atoms with van der Waals surface area (Å²) in [5, 5.41) is 12.6. The number of benzene rings is 1. The zero-order valence-electron chi connectivity index (χ0n) is 26.9. The average Bonchev–Trinajstić information content (AvgIpc) is 3.05. The van der Waals surface area contributed by atoms with Gasteiger partial charge in [-0.15, -0.1) is 0 Å². The average molecular weight is 651 g/mol. The Hall–Kier alpha value is -5.60. The number of carbonyl (C=O) groups is 5. The van der Waals surface area contributed by atoms with E-state index in [4.69, 9.17) is 24.1 Å². The molecule has 3 atom stereocenters. The molecule has 2 aromatic heterocycles. The van der Waals surface area contributed by atoms with Gasteiger partial charge in [0.15, 0.2) is 17.3 Å². The van der Waals surface area contributed by atoms with E-state index in [1.807, 2.05) is 19.9 Å². The molecule has 0 spiro atoms. The van der Waals surface area contributed by atoms with Gasteiger partial charge in [-0.05, 0) is 50.1 Å². The van der Waals surface area contributed by atoms with Crippen LogP contribution in [0.3, 0.4) is 0 Å². The number of hydrogen-bond donors (Lipinski definition) is 3. The lowest BCUT2D eigenvalue weighted by atomic mass is 10.0. The van der Waals surface area contributed by atoms with Gasteiger partial charge in [-0.25, -0.2) is 14.8 Å². The standard InChI is InChI=1S/C31H36N6O7.CH2O2/c1-17(2)23-15-37(30(40)22-14-33-28(35-18(22)3)21-8-7-11-32-13-21)16-26(38)34-19(4)27(31(41)43-6)44-25-12-20(29(39)36-23)9-10-24(25)42-5;2-1-3/h7-14,17,19,23,27H,15-16H2,1-6H3,(H,34,38)(H,36,39);1H,(H,2,3)/t19-,23?,27?;/m0./s1. The highest BCUT2D eigenvalue weighted by atomic mass is 16.6. The van der Waals surface area contributed by atoms with Gasteiger partial charge in [0.05, 0.1) is 38.1 Å². The Morgan fingerprint density at radius 2 is 1.85 bits per heavy atom. The van der Waals surface area contributed by atoms with Crippen molar-refractivity contribution in [3.63, 3.8) is 0 Å². The van der Waals surface area contributed by atoms with Crippen LogP contribution in [0.25, 0.3) is 11.4 Å². The number of fused-ring (bicyclic) bond motifs is 2. The molecule has 3 heterocycles. The predicted molar refractivity (Wildman–Crippen MR) is 168 cm³/mol. The molecule has 0 aliphatic carbocycles. The lowest BCUT2D eigenvalue weighted by Gasteiger charge is -2.32. The maximum atomic E-state index is 13.9. The SMILES string of the molecule is COC(=O)C1Oc2cc(ccc2OC)C(=O)NC(C(C)C)CN(C(=O)c2cnc(-c3cccnc3)nc2C)CC(=O)N[C@H]1C.O=CO. The Morgan fingerprint density at radius 3 is 2.45 bits per heavy atom. The first-order chi connectivity index (χ1) is 22.4. The van der Waals surface area contributed by atoms with Crippen LogP contribution in [0.1, 0.15) is 47.2 Å². The molecule has 3 N–H and O–H groups in total. The molecule has 1 aromatic carbocycles. The lowest BCUT2D eigenvalue weighted by molar-refractivity contribution is -0.150. The van der Waals surface area contributed by atoms with Gasteiger partial charge >= 0.3 is 5.97 Å². The fourth-order valence-electron chi connectivity index (χ4n) is 4.68. The third kappa shape index (κ3) is 9.22. The second kappa shape index (κ2) is 16.6. The fourth-order valence-corrected chi connectivity index (χ4v) is 4.68. The monoisotopic (exact) mass is 650 g/mol. The quantitative estimate of drug-likeness (QED) is 0.268. The number of hydrogen-bond acceptors (Lipinski definition) is 11. The number of aryl methyl sites for hydroxylation is 1. The number of rotatable bonds is 5. The summed E-state index contributed by atoms with van der Waals surface area (Å²) in [5.74, 6) is -1.55. The third-order valence-corrected chi connectivity index (χ3v) is 7.25. The van der Waals surface area contributed by atoms with Crippen LogP contribution in [0.4, 0.5) is 0 Å². The van der Waals surface area contributed by atoms with Crippen LogP contribution < -0.4 is 20.1 Å². The zero-order chi connectivity index (χ0) is 34.7. The Kier molecular flexibility index (Phi) is 12.7. The fraction of sp³-hybridized carbons (Fsp3) is 0.375.